The summed E-state index contributed by atoms with van der Waals surface area (Å²) in [7, 11) is 0. The lowest BCUT2D eigenvalue weighted by atomic mass is 10.1. The maximum Gasteiger partial charge on any atom is 0.434 e. The smallest absolute Gasteiger partial charge is 0.434 e. The van der Waals surface area contributed by atoms with Gasteiger partial charge in [0, 0.05) is 62.4 Å². The molecule has 1 aromatic carbocycles. The van der Waals surface area contributed by atoms with E-state index in [1.807, 2.05) is 23.1 Å². The number of halogens is 3. The fourth-order valence-electron chi connectivity index (χ4n) is 4.43. The Morgan fingerprint density at radius 2 is 1.74 bits per heavy atom. The number of nitrogen functional groups attached to an aromatic ring is 1. The molecular weight excluding hydrogens is 503 g/mol. The molecule has 2 aromatic heterocycles. The van der Waals surface area contributed by atoms with Gasteiger partial charge in [-0.25, -0.2) is 15.0 Å². The van der Waals surface area contributed by atoms with Crippen molar-refractivity contribution >= 4 is 17.8 Å². The molecule has 4 heterocycles. The summed E-state index contributed by atoms with van der Waals surface area (Å²) in [4.78, 5) is 32.4. The van der Waals surface area contributed by atoms with E-state index in [4.69, 9.17) is 15.2 Å². The van der Waals surface area contributed by atoms with Crippen LogP contribution in [0.25, 0.3) is 11.3 Å². The average molecular weight is 530 g/mol. The molecular formula is C25H26F3N7O3. The quantitative estimate of drug-likeness (QED) is 0.532. The molecule has 0 radical (unpaired) electrons. The zero-order valence-electron chi connectivity index (χ0n) is 20.4. The van der Waals surface area contributed by atoms with E-state index in [1.54, 1.807) is 17.0 Å². The summed E-state index contributed by atoms with van der Waals surface area (Å²) in [5.74, 6) is -0.181. The highest BCUT2D eigenvalue weighted by atomic mass is 19.4. The SMILES string of the molecule is Nc1ncc(-c2cc(OC3CCN(C(=O)c4ccccc4)CC3)nc(N3CCOCC3)n2)c(C(F)(F)F)n1. The van der Waals surface area contributed by atoms with Crippen LogP contribution in [0.15, 0.2) is 42.6 Å². The second-order valence-electron chi connectivity index (χ2n) is 8.95. The number of carbonyl (C=O) groups is 1. The van der Waals surface area contributed by atoms with Crippen LogP contribution in [-0.4, -0.2) is 76.2 Å². The standard InChI is InChI=1S/C25H26F3N7O3/c26-25(27,28)21-18(15-30-23(29)33-21)19-14-20(32-24(31-19)35-10-12-37-13-11-35)38-17-6-8-34(9-7-17)22(36)16-4-2-1-3-5-16/h1-5,14-15,17H,6-13H2,(H2,29,30,33). The van der Waals surface area contributed by atoms with Crippen molar-refractivity contribution in [1.82, 2.24) is 24.8 Å². The van der Waals surface area contributed by atoms with Crippen molar-refractivity contribution in [1.29, 1.82) is 0 Å². The van der Waals surface area contributed by atoms with E-state index in [0.717, 1.165) is 6.20 Å². The minimum atomic E-state index is -4.77. The summed E-state index contributed by atoms with van der Waals surface area (Å²) in [6.45, 7) is 2.81. The van der Waals surface area contributed by atoms with E-state index < -0.39 is 17.8 Å². The van der Waals surface area contributed by atoms with Crippen molar-refractivity contribution in [3.05, 3.63) is 53.9 Å². The number of rotatable bonds is 5. The topological polar surface area (TPSA) is 120 Å². The Morgan fingerprint density at radius 3 is 2.42 bits per heavy atom. The van der Waals surface area contributed by atoms with Gasteiger partial charge in [0.2, 0.25) is 17.8 Å². The number of carbonyl (C=O) groups excluding carboxylic acids is 1. The van der Waals surface area contributed by atoms with E-state index in [9.17, 15) is 18.0 Å². The van der Waals surface area contributed by atoms with Crippen LogP contribution < -0.4 is 15.4 Å². The number of anilines is 2. The molecule has 5 rings (SSSR count). The number of benzene rings is 1. The number of hydrogen-bond donors (Lipinski definition) is 1. The number of likely N-dealkylation sites (tertiary alicyclic amines) is 1. The van der Waals surface area contributed by atoms with Crippen LogP contribution in [-0.2, 0) is 10.9 Å². The Kier molecular flexibility index (Phi) is 7.27. The predicted octanol–water partition coefficient (Wildman–Crippen LogP) is 3.05. The number of nitrogens with zero attached hydrogens (tertiary/aromatic N) is 6. The molecule has 0 spiro atoms. The summed E-state index contributed by atoms with van der Waals surface area (Å²) in [5, 5.41) is 0. The molecule has 1 amide bonds. The molecule has 2 saturated heterocycles. The van der Waals surface area contributed by atoms with Crippen LogP contribution >= 0.6 is 0 Å². The van der Waals surface area contributed by atoms with Crippen molar-refractivity contribution in [2.75, 3.05) is 50.0 Å². The minimum absolute atomic E-state index is 0.0273. The Hall–Kier alpha value is -4.00. The Balaban J connectivity index is 1.39. The summed E-state index contributed by atoms with van der Waals surface area (Å²) in [5.41, 5.74) is 4.53. The van der Waals surface area contributed by atoms with Gasteiger partial charge >= 0.3 is 6.18 Å². The number of ether oxygens (including phenoxy) is 2. The van der Waals surface area contributed by atoms with Gasteiger partial charge in [-0.3, -0.25) is 4.79 Å². The van der Waals surface area contributed by atoms with Gasteiger partial charge in [-0.05, 0) is 12.1 Å². The minimum Gasteiger partial charge on any atom is -0.474 e. The Bertz CT molecular complexity index is 1280. The van der Waals surface area contributed by atoms with Crippen LogP contribution in [0.1, 0.15) is 28.9 Å². The van der Waals surface area contributed by atoms with Gasteiger partial charge in [0.25, 0.3) is 5.91 Å². The fraction of sp³-hybridized carbons (Fsp3) is 0.400. The predicted molar refractivity (Wildman–Crippen MR) is 131 cm³/mol. The molecule has 0 aliphatic carbocycles. The monoisotopic (exact) mass is 529 g/mol. The van der Waals surface area contributed by atoms with Gasteiger partial charge in [-0.2, -0.15) is 18.2 Å². The van der Waals surface area contributed by atoms with Gasteiger partial charge in [-0.15, -0.1) is 0 Å². The molecule has 2 fully saturated rings. The lowest BCUT2D eigenvalue weighted by Crippen LogP contribution is -2.42. The third-order valence-corrected chi connectivity index (χ3v) is 6.37. The highest BCUT2D eigenvalue weighted by molar-refractivity contribution is 5.94. The number of nitrogens with two attached hydrogens (primary N) is 1. The van der Waals surface area contributed by atoms with Crippen molar-refractivity contribution < 1.29 is 27.4 Å². The van der Waals surface area contributed by atoms with Crippen LogP contribution in [0.2, 0.25) is 0 Å². The third-order valence-electron chi connectivity index (χ3n) is 6.37. The van der Waals surface area contributed by atoms with E-state index in [-0.39, 0.29) is 35.1 Å². The van der Waals surface area contributed by atoms with Crippen LogP contribution in [0, 0.1) is 0 Å². The number of piperidine rings is 1. The first kappa shape index (κ1) is 25.6. The molecule has 200 valence electrons. The second-order valence-corrected chi connectivity index (χ2v) is 8.95. The number of morpholine rings is 1. The third kappa shape index (κ3) is 5.77. The largest absolute Gasteiger partial charge is 0.474 e. The second kappa shape index (κ2) is 10.8. The number of hydrogen-bond acceptors (Lipinski definition) is 9. The lowest BCUT2D eigenvalue weighted by molar-refractivity contribution is -0.140. The molecule has 2 aliphatic rings. The van der Waals surface area contributed by atoms with Crippen molar-refractivity contribution in [3.8, 4) is 17.1 Å². The van der Waals surface area contributed by atoms with E-state index >= 15 is 0 Å². The fourth-order valence-corrected chi connectivity index (χ4v) is 4.43. The maximum absolute atomic E-state index is 13.8. The van der Waals surface area contributed by atoms with Gasteiger partial charge in [0.1, 0.15) is 6.10 Å². The van der Waals surface area contributed by atoms with Crippen LogP contribution in [0.3, 0.4) is 0 Å². The van der Waals surface area contributed by atoms with Crippen LogP contribution in [0.5, 0.6) is 5.88 Å². The first-order valence-corrected chi connectivity index (χ1v) is 12.2. The first-order valence-electron chi connectivity index (χ1n) is 12.2. The summed E-state index contributed by atoms with van der Waals surface area (Å²) in [6, 6.07) is 10.4. The van der Waals surface area contributed by atoms with Crippen molar-refractivity contribution in [2.24, 2.45) is 0 Å². The maximum atomic E-state index is 13.8. The zero-order valence-corrected chi connectivity index (χ0v) is 20.4. The molecule has 38 heavy (non-hydrogen) atoms. The number of amides is 1. The molecule has 2 aliphatic heterocycles. The summed E-state index contributed by atoms with van der Waals surface area (Å²) < 4.78 is 52.9. The van der Waals surface area contributed by atoms with E-state index in [2.05, 4.69) is 19.9 Å². The first-order chi connectivity index (χ1) is 18.3. The Labute approximate surface area is 216 Å². The highest BCUT2D eigenvalue weighted by Crippen LogP contribution is 2.36. The molecule has 3 aromatic rings. The Morgan fingerprint density at radius 1 is 1.03 bits per heavy atom. The molecule has 0 unspecified atom stereocenters. The molecule has 13 heteroatoms. The van der Waals surface area contributed by atoms with E-state index in [0.29, 0.717) is 57.8 Å². The molecule has 2 N–H and O–H groups in total. The molecule has 0 atom stereocenters. The molecule has 0 saturated carbocycles. The van der Waals surface area contributed by atoms with Crippen molar-refractivity contribution in [2.45, 2.75) is 25.1 Å². The highest BCUT2D eigenvalue weighted by Gasteiger charge is 2.37. The summed E-state index contributed by atoms with van der Waals surface area (Å²) in [6.07, 6.45) is -2.95. The van der Waals surface area contributed by atoms with Crippen LogP contribution in [0.4, 0.5) is 25.1 Å². The van der Waals surface area contributed by atoms with Gasteiger partial charge in [0.05, 0.1) is 18.9 Å². The van der Waals surface area contributed by atoms with Crippen molar-refractivity contribution in [3.63, 3.8) is 0 Å². The van der Waals surface area contributed by atoms with Gasteiger partial charge in [0.15, 0.2) is 5.69 Å². The average Bonchev–Trinajstić information content (AvgIpc) is 2.93. The summed E-state index contributed by atoms with van der Waals surface area (Å²) >= 11 is 0. The number of alkyl halides is 3. The van der Waals surface area contributed by atoms with Gasteiger partial charge < -0.3 is 25.0 Å². The van der Waals surface area contributed by atoms with E-state index in [1.165, 1.54) is 6.07 Å². The molecule has 10 nitrogen and oxygen atoms in total. The molecule has 0 bridgehead atoms. The lowest BCUT2D eigenvalue weighted by Gasteiger charge is -2.32. The number of aromatic nitrogens is 4. The zero-order chi connectivity index (χ0) is 26.7. The van der Waals surface area contributed by atoms with Gasteiger partial charge in [-0.1, -0.05) is 18.2 Å². The normalized spacial score (nSPS) is 16.9.